The van der Waals surface area contributed by atoms with E-state index >= 15 is 0 Å². The monoisotopic (exact) mass is 352 g/mol. The summed E-state index contributed by atoms with van der Waals surface area (Å²) in [6.45, 7) is 3.98. The van der Waals surface area contributed by atoms with Gasteiger partial charge in [-0.25, -0.2) is 0 Å². The smallest absolute Gasteiger partial charge is 0.549 e. The van der Waals surface area contributed by atoms with Gasteiger partial charge < -0.3 is 19.8 Å². The summed E-state index contributed by atoms with van der Waals surface area (Å²) in [5.41, 5.74) is -1.80. The third kappa shape index (κ3) is 10.6. The molecule has 0 aromatic heterocycles. The molecule has 0 aromatic carbocycles. The average molecular weight is 353 g/mol. The number of hydrogen-bond donors (Lipinski definition) is 0. The molecule has 0 saturated carbocycles. The van der Waals surface area contributed by atoms with Crippen molar-refractivity contribution >= 4 is 49.7 Å². The molecule has 0 amide bonds. The maximum Gasteiger partial charge on any atom is 2.00 e. The summed E-state index contributed by atoms with van der Waals surface area (Å²) in [4.78, 5) is 22.4. The predicted octanol–water partition coefficient (Wildman–Crippen LogP) is 2.20. The second-order valence-corrected chi connectivity index (χ2v) is 6.34. The fraction of sp³-hybridized carbons (Fsp3) is 0.889. The zero-order chi connectivity index (χ0) is 16.8. The molecule has 0 spiro atoms. The summed E-state index contributed by atoms with van der Waals surface area (Å²) >= 11 is 0. The second kappa shape index (κ2) is 15.7. The van der Waals surface area contributed by atoms with Crippen LogP contribution in [0.5, 0.6) is 0 Å². The number of hydrogen-bond acceptors (Lipinski definition) is 4. The number of carboxylic acids is 2. The fourth-order valence-electron chi connectivity index (χ4n) is 2.96. The van der Waals surface area contributed by atoms with E-state index in [2.05, 4.69) is 6.92 Å². The molecule has 5 heteroatoms. The zero-order valence-corrected chi connectivity index (χ0v) is 17.2. The van der Waals surface area contributed by atoms with Crippen LogP contribution in [0.25, 0.3) is 0 Å². The summed E-state index contributed by atoms with van der Waals surface area (Å²) in [6.07, 6.45) is 12.0. The molecule has 0 aliphatic heterocycles. The molecule has 0 rings (SSSR count). The molecule has 0 bridgehead atoms. The van der Waals surface area contributed by atoms with Crippen molar-refractivity contribution in [2.45, 2.75) is 97.3 Å². The first-order valence-electron chi connectivity index (χ1n) is 8.94. The minimum atomic E-state index is -1.80. The quantitative estimate of drug-likeness (QED) is 0.257. The molecule has 0 aromatic rings. The fourth-order valence-corrected chi connectivity index (χ4v) is 2.96. The largest absolute Gasteiger partial charge is 2.00 e. The van der Waals surface area contributed by atoms with Crippen molar-refractivity contribution in [2.24, 2.45) is 5.41 Å². The third-order valence-corrected chi connectivity index (χ3v) is 4.42. The Bertz CT molecular complexity index is 304. The van der Waals surface area contributed by atoms with Gasteiger partial charge in [0.15, 0.2) is 0 Å². The normalized spacial score (nSPS) is 11.0. The van der Waals surface area contributed by atoms with E-state index in [-0.39, 0.29) is 50.6 Å². The van der Waals surface area contributed by atoms with Gasteiger partial charge >= 0.3 is 37.7 Å². The van der Waals surface area contributed by atoms with Gasteiger partial charge in [-0.2, -0.15) is 0 Å². The Morgan fingerprint density at radius 1 is 0.652 bits per heavy atom. The molecule has 23 heavy (non-hydrogen) atoms. The number of rotatable bonds is 15. The van der Waals surface area contributed by atoms with Gasteiger partial charge in [0.05, 0.1) is 11.9 Å². The van der Waals surface area contributed by atoms with E-state index in [4.69, 9.17) is 0 Å². The van der Waals surface area contributed by atoms with Gasteiger partial charge in [-0.1, -0.05) is 84.5 Å². The summed E-state index contributed by atoms with van der Waals surface area (Å²) in [7, 11) is 0. The number of carboxylic acid groups (broad SMARTS) is 2. The molecule has 0 unspecified atom stereocenters. The van der Waals surface area contributed by atoms with Crippen molar-refractivity contribution in [1.82, 2.24) is 0 Å². The van der Waals surface area contributed by atoms with Crippen molar-refractivity contribution < 1.29 is 19.8 Å². The minimum absolute atomic E-state index is 0. The Morgan fingerprint density at radius 3 is 1.39 bits per heavy atom. The van der Waals surface area contributed by atoms with Crippen LogP contribution in [0.15, 0.2) is 0 Å². The molecule has 0 fully saturated rings. The van der Waals surface area contributed by atoms with Crippen molar-refractivity contribution in [3.05, 3.63) is 0 Å². The molecule has 0 radical (unpaired) electrons. The predicted molar refractivity (Wildman–Crippen MR) is 89.6 cm³/mol. The summed E-state index contributed by atoms with van der Waals surface area (Å²) in [5, 5.41) is 22.4. The van der Waals surface area contributed by atoms with Crippen LogP contribution in [0, 0.1) is 5.41 Å². The molecular formula is C18H32CaO4. The summed E-state index contributed by atoms with van der Waals surface area (Å²) in [5.74, 6) is -2.99. The maximum atomic E-state index is 11.2. The van der Waals surface area contributed by atoms with E-state index in [1.54, 1.807) is 6.92 Å². The van der Waals surface area contributed by atoms with Crippen LogP contribution in [0.4, 0.5) is 0 Å². The van der Waals surface area contributed by atoms with Crippen LogP contribution < -0.4 is 10.2 Å². The number of unbranched alkanes of at least 4 members (excludes halogenated alkanes) is 9. The molecule has 0 aliphatic carbocycles. The maximum absolute atomic E-state index is 11.2. The average Bonchev–Trinajstić information content (AvgIpc) is 2.47. The van der Waals surface area contributed by atoms with Crippen molar-refractivity contribution in [3.63, 3.8) is 0 Å². The Morgan fingerprint density at radius 2 is 1.04 bits per heavy atom. The van der Waals surface area contributed by atoms with Crippen molar-refractivity contribution in [3.8, 4) is 0 Å². The Hall–Kier alpha value is 0.200. The van der Waals surface area contributed by atoms with E-state index < -0.39 is 17.4 Å². The molecule has 0 aliphatic rings. The van der Waals surface area contributed by atoms with Crippen molar-refractivity contribution in [1.29, 1.82) is 0 Å². The van der Waals surface area contributed by atoms with Gasteiger partial charge in [-0.05, 0) is 12.8 Å². The molecular weight excluding hydrogens is 320 g/mol. The van der Waals surface area contributed by atoms with Gasteiger partial charge in [0.2, 0.25) is 0 Å². The van der Waals surface area contributed by atoms with Crippen LogP contribution >= 0.6 is 0 Å². The van der Waals surface area contributed by atoms with Gasteiger partial charge in [0.1, 0.15) is 0 Å². The second-order valence-electron chi connectivity index (χ2n) is 6.34. The first-order valence-corrected chi connectivity index (χ1v) is 8.94. The molecule has 130 valence electrons. The van der Waals surface area contributed by atoms with Crippen LogP contribution in [-0.4, -0.2) is 49.7 Å². The molecule has 0 N–H and O–H groups in total. The minimum Gasteiger partial charge on any atom is -0.549 e. The van der Waals surface area contributed by atoms with Crippen molar-refractivity contribution in [2.75, 3.05) is 0 Å². The Kier molecular flexibility index (Phi) is 17.4. The standard InChI is InChI=1S/C18H34O4.Ca/c1-3-5-6-7-8-9-10-11-12-13-15-18(14-4-2,16(19)20)17(21)22;/h3-15H2,1-2H3,(H,19,20)(H,21,22);/q;+2/p-2. The van der Waals surface area contributed by atoms with E-state index in [0.717, 1.165) is 19.3 Å². The van der Waals surface area contributed by atoms with Gasteiger partial charge in [-0.3, -0.25) is 0 Å². The van der Waals surface area contributed by atoms with Gasteiger partial charge in [0.25, 0.3) is 0 Å². The summed E-state index contributed by atoms with van der Waals surface area (Å²) in [6, 6.07) is 0. The van der Waals surface area contributed by atoms with E-state index in [9.17, 15) is 19.8 Å². The van der Waals surface area contributed by atoms with E-state index in [1.807, 2.05) is 0 Å². The first-order chi connectivity index (χ1) is 10.5. The Balaban J connectivity index is 0. The topological polar surface area (TPSA) is 80.3 Å². The molecule has 4 nitrogen and oxygen atoms in total. The van der Waals surface area contributed by atoms with Crippen LogP contribution in [0.1, 0.15) is 97.3 Å². The van der Waals surface area contributed by atoms with Crippen LogP contribution in [-0.2, 0) is 9.59 Å². The number of carbonyl (C=O) groups excluding carboxylic acids is 2. The van der Waals surface area contributed by atoms with Crippen LogP contribution in [0.3, 0.4) is 0 Å². The zero-order valence-electron chi connectivity index (χ0n) is 15.0. The SMILES string of the molecule is CCCCCCCCCCCCC(CCC)(C(=O)[O-])C(=O)[O-].[Ca+2]. The molecule has 0 atom stereocenters. The van der Waals surface area contributed by atoms with Gasteiger partial charge in [0, 0.05) is 5.41 Å². The van der Waals surface area contributed by atoms with E-state index in [1.165, 1.54) is 38.5 Å². The summed E-state index contributed by atoms with van der Waals surface area (Å²) < 4.78 is 0. The first kappa shape index (κ1) is 25.4. The van der Waals surface area contributed by atoms with Crippen LogP contribution in [0.2, 0.25) is 0 Å². The van der Waals surface area contributed by atoms with E-state index in [0.29, 0.717) is 12.8 Å². The number of carbonyl (C=O) groups is 2. The third-order valence-electron chi connectivity index (χ3n) is 4.42. The molecule has 0 saturated heterocycles. The Labute approximate surface area is 171 Å². The molecule has 0 heterocycles. The van der Waals surface area contributed by atoms with Gasteiger partial charge in [-0.15, -0.1) is 0 Å². The number of aliphatic carboxylic acids is 2.